The molecule has 0 aromatic rings. The summed E-state index contributed by atoms with van der Waals surface area (Å²) in [7, 11) is 0. The minimum atomic E-state index is -0.700. The van der Waals surface area contributed by atoms with Crippen LogP contribution in [-0.2, 0) is 19.2 Å². The lowest BCUT2D eigenvalue weighted by Gasteiger charge is -1.97. The van der Waals surface area contributed by atoms with Crippen LogP contribution in [0.4, 0.5) is 0 Å². The second-order valence-electron chi connectivity index (χ2n) is 10.8. The summed E-state index contributed by atoms with van der Waals surface area (Å²) in [6, 6.07) is 0. The summed E-state index contributed by atoms with van der Waals surface area (Å²) in [5.41, 5.74) is 0. The molecule has 0 aliphatic heterocycles. The highest BCUT2D eigenvalue weighted by molar-refractivity contribution is 5.90. The quantitative estimate of drug-likeness (QED) is 0.0535. The number of unbranched alkanes of at least 4 members (excludes halogenated alkanes) is 14. The van der Waals surface area contributed by atoms with Crippen LogP contribution >= 0.6 is 0 Å². The van der Waals surface area contributed by atoms with Gasteiger partial charge in [-0.3, -0.25) is 19.2 Å². The van der Waals surface area contributed by atoms with E-state index in [1.54, 1.807) is 12.2 Å². The van der Waals surface area contributed by atoms with Crippen LogP contribution in [0.1, 0.15) is 155 Å². The fraction of sp³-hybridized carbons (Fsp3) is 0.667. The number of ketones is 2. The van der Waals surface area contributed by atoms with Gasteiger partial charge in [0.1, 0.15) is 0 Å². The molecule has 0 rings (SSSR count). The Hall–Kier alpha value is -2.76. The van der Waals surface area contributed by atoms with Gasteiger partial charge in [0.05, 0.1) is 0 Å². The molecule has 0 fully saturated rings. The molecule has 6 heteroatoms. The molecule has 0 aromatic heterocycles. The van der Waals surface area contributed by atoms with Crippen molar-refractivity contribution in [1.29, 1.82) is 0 Å². The van der Waals surface area contributed by atoms with E-state index in [9.17, 15) is 19.2 Å². The summed E-state index contributed by atoms with van der Waals surface area (Å²) in [5, 5.41) is 17.0. The summed E-state index contributed by atoms with van der Waals surface area (Å²) >= 11 is 0. The van der Waals surface area contributed by atoms with Gasteiger partial charge in [-0.1, -0.05) is 115 Å². The van der Waals surface area contributed by atoms with Gasteiger partial charge in [0.25, 0.3) is 0 Å². The Morgan fingerprint density at radius 3 is 1.12 bits per heavy atom. The summed E-state index contributed by atoms with van der Waals surface area (Å²) in [6.07, 6.45) is 35.9. The van der Waals surface area contributed by atoms with Crippen molar-refractivity contribution >= 4 is 23.5 Å². The topological polar surface area (TPSA) is 109 Å². The first-order valence-corrected chi connectivity index (χ1v) is 16.5. The van der Waals surface area contributed by atoms with Gasteiger partial charge in [-0.2, -0.15) is 0 Å². The minimum Gasteiger partial charge on any atom is -0.481 e. The zero-order valence-corrected chi connectivity index (χ0v) is 26.7. The fourth-order valence-corrected chi connectivity index (χ4v) is 4.08. The van der Waals surface area contributed by atoms with Gasteiger partial charge in [-0.25, -0.2) is 0 Å². The number of carboxylic acids is 2. The number of rotatable bonds is 28. The molecule has 0 saturated heterocycles. The normalized spacial score (nSPS) is 11.5. The van der Waals surface area contributed by atoms with Crippen molar-refractivity contribution in [2.75, 3.05) is 0 Å². The smallest absolute Gasteiger partial charge is 0.303 e. The van der Waals surface area contributed by atoms with E-state index in [1.165, 1.54) is 0 Å². The summed E-state index contributed by atoms with van der Waals surface area (Å²) in [5.74, 6) is -0.971. The Kier molecular flexibility index (Phi) is 33.9. The third-order valence-electron chi connectivity index (χ3n) is 6.63. The molecule has 0 radical (unpaired) electrons. The molecule has 6 nitrogen and oxygen atoms in total. The number of hydrogen-bond donors (Lipinski definition) is 2. The third kappa shape index (κ3) is 39.4. The number of aliphatic carboxylic acids is 2. The molecule has 0 saturated carbocycles. The van der Waals surface area contributed by atoms with Gasteiger partial charge in [0.15, 0.2) is 11.6 Å². The maximum Gasteiger partial charge on any atom is 0.303 e. The van der Waals surface area contributed by atoms with Gasteiger partial charge >= 0.3 is 11.9 Å². The van der Waals surface area contributed by atoms with Gasteiger partial charge < -0.3 is 10.2 Å². The van der Waals surface area contributed by atoms with Crippen molar-refractivity contribution in [2.45, 2.75) is 155 Å². The molecule has 0 aliphatic rings. The highest BCUT2D eigenvalue weighted by Gasteiger charge is 1.98. The number of carbonyl (C=O) groups excluding carboxylic acids is 2. The van der Waals surface area contributed by atoms with Crippen molar-refractivity contribution in [3.63, 3.8) is 0 Å². The van der Waals surface area contributed by atoms with Crippen molar-refractivity contribution in [2.24, 2.45) is 0 Å². The van der Waals surface area contributed by atoms with E-state index in [2.05, 4.69) is 26.0 Å². The van der Waals surface area contributed by atoms with E-state index in [4.69, 9.17) is 10.2 Å². The molecular formula is C36H60O6. The maximum absolute atomic E-state index is 11.4. The zero-order valence-electron chi connectivity index (χ0n) is 26.7. The fourth-order valence-electron chi connectivity index (χ4n) is 4.08. The van der Waals surface area contributed by atoms with Gasteiger partial charge in [0.2, 0.25) is 0 Å². The van der Waals surface area contributed by atoms with Crippen LogP contribution in [0.2, 0.25) is 0 Å². The van der Waals surface area contributed by atoms with Crippen molar-refractivity contribution in [3.8, 4) is 0 Å². The lowest BCUT2D eigenvalue weighted by Crippen LogP contribution is -1.93. The van der Waals surface area contributed by atoms with Gasteiger partial charge in [-0.15, -0.1) is 0 Å². The van der Waals surface area contributed by atoms with Gasteiger partial charge in [-0.05, 0) is 63.5 Å². The van der Waals surface area contributed by atoms with E-state index in [0.717, 1.165) is 116 Å². The molecule has 0 unspecified atom stereocenters. The predicted octanol–water partition coefficient (Wildman–Crippen LogP) is 10.1. The Bertz CT molecular complexity index is 725. The van der Waals surface area contributed by atoms with E-state index in [1.807, 2.05) is 24.3 Å². The van der Waals surface area contributed by atoms with Crippen LogP contribution in [0, 0.1) is 0 Å². The minimum absolute atomic E-state index is 0.214. The summed E-state index contributed by atoms with van der Waals surface area (Å²) in [4.78, 5) is 43.5. The van der Waals surface area contributed by atoms with Crippen LogP contribution in [0.25, 0.3) is 0 Å². The lowest BCUT2D eigenvalue weighted by molar-refractivity contribution is -0.138. The Labute approximate surface area is 256 Å². The second kappa shape index (κ2) is 34.4. The molecule has 0 aliphatic carbocycles. The molecule has 240 valence electrons. The summed E-state index contributed by atoms with van der Waals surface area (Å²) in [6.45, 7) is 4.27. The van der Waals surface area contributed by atoms with Gasteiger partial charge in [0, 0.05) is 25.7 Å². The molecule has 0 amide bonds. The predicted molar refractivity (Wildman–Crippen MR) is 175 cm³/mol. The zero-order chi connectivity index (χ0) is 31.5. The standard InChI is InChI=1S/2C18H30O3/c2*1-2-3-11-14-17(19)15-12-9-7-5-4-6-8-10-13-16-18(20)21/h2*7,9,12,15H,2-6,8,10-11,13-14,16H2,1H3,(H,20,21)/b2*9-7-,15-12+. The van der Waals surface area contributed by atoms with Crippen molar-refractivity contribution in [3.05, 3.63) is 48.6 Å². The first-order chi connectivity index (χ1) is 20.3. The van der Waals surface area contributed by atoms with E-state index in [-0.39, 0.29) is 24.4 Å². The van der Waals surface area contributed by atoms with E-state index < -0.39 is 11.9 Å². The van der Waals surface area contributed by atoms with Crippen molar-refractivity contribution in [1.82, 2.24) is 0 Å². The van der Waals surface area contributed by atoms with E-state index >= 15 is 0 Å². The van der Waals surface area contributed by atoms with Crippen LogP contribution in [0.15, 0.2) is 48.6 Å². The van der Waals surface area contributed by atoms with Crippen LogP contribution in [-0.4, -0.2) is 33.7 Å². The van der Waals surface area contributed by atoms with Crippen LogP contribution in [0.3, 0.4) is 0 Å². The molecule has 0 spiro atoms. The molecule has 42 heavy (non-hydrogen) atoms. The molecule has 0 atom stereocenters. The van der Waals surface area contributed by atoms with Crippen LogP contribution in [0.5, 0.6) is 0 Å². The Balaban J connectivity index is 0. The Morgan fingerprint density at radius 2 is 0.762 bits per heavy atom. The number of allylic oxidation sites excluding steroid dienone is 8. The first-order valence-electron chi connectivity index (χ1n) is 16.5. The molecule has 0 heterocycles. The molecule has 2 N–H and O–H groups in total. The maximum atomic E-state index is 11.4. The Morgan fingerprint density at radius 1 is 0.429 bits per heavy atom. The highest BCUT2D eigenvalue weighted by atomic mass is 16.4. The van der Waals surface area contributed by atoms with Crippen LogP contribution < -0.4 is 0 Å². The SMILES string of the molecule is CCCCCC(=O)/C=C/C=C\CCCCCCCC(=O)O.CCCCCC(=O)/C=C/C=C\CCCCCCCC(=O)O. The monoisotopic (exact) mass is 588 g/mol. The molecule has 0 bridgehead atoms. The number of carbonyl (C=O) groups is 4. The van der Waals surface area contributed by atoms with Crippen molar-refractivity contribution < 1.29 is 29.4 Å². The highest BCUT2D eigenvalue weighted by Crippen LogP contribution is 2.09. The average molecular weight is 589 g/mol. The third-order valence-corrected chi connectivity index (χ3v) is 6.63. The average Bonchev–Trinajstić information content (AvgIpc) is 2.95. The number of hydrogen-bond acceptors (Lipinski definition) is 4. The van der Waals surface area contributed by atoms with E-state index in [0.29, 0.717) is 12.8 Å². The summed E-state index contributed by atoms with van der Waals surface area (Å²) < 4.78 is 0. The number of carboxylic acid groups (broad SMARTS) is 2. The lowest BCUT2D eigenvalue weighted by atomic mass is 10.1. The largest absolute Gasteiger partial charge is 0.481 e. The first kappa shape index (κ1) is 41.4. The molecule has 0 aromatic carbocycles. The molecular weight excluding hydrogens is 528 g/mol. The second-order valence-corrected chi connectivity index (χ2v) is 10.8.